The van der Waals surface area contributed by atoms with E-state index in [2.05, 4.69) is 10.7 Å². The second-order valence-electron chi connectivity index (χ2n) is 0.209. The Morgan fingerprint density at radius 1 is 1.80 bits per heavy atom. The van der Waals surface area contributed by atoms with Crippen LogP contribution in [0.1, 0.15) is 0 Å². The van der Waals surface area contributed by atoms with Crippen LogP contribution in [0.15, 0.2) is 0 Å². The quantitative estimate of drug-likeness (QED) is 0.233. The molecule has 0 rings (SSSR count). The third-order valence-electron chi connectivity index (χ3n) is 0.0527. The normalized spacial score (nSPS) is 3.20. The summed E-state index contributed by atoms with van der Waals surface area (Å²) in [5, 5.41) is 7.28. The van der Waals surface area contributed by atoms with Crippen molar-refractivity contribution in [2.24, 2.45) is 5.90 Å². The second-order valence-corrected chi connectivity index (χ2v) is 0.209. The Balaban J connectivity index is 0. The molecule has 24 valence electrons. The van der Waals surface area contributed by atoms with E-state index in [1.807, 2.05) is 0 Å². The first kappa shape index (κ1) is 9.31. The summed E-state index contributed by atoms with van der Waals surface area (Å²) in [4.78, 5) is 3.35. The predicted octanol–water partition coefficient (Wildman–Crippen LogP) is -1.29. The van der Waals surface area contributed by atoms with Gasteiger partial charge in [0, 0.05) is 0 Å². The van der Waals surface area contributed by atoms with Crippen LogP contribution in [-0.4, -0.2) is 51.4 Å². The monoisotopic (exact) mass is 98.0 g/mol. The van der Waals surface area contributed by atoms with Crippen molar-refractivity contribution in [3.63, 3.8) is 0 Å². The zero-order valence-electron chi connectivity index (χ0n) is 1.93. The molecule has 0 spiro atoms. The Bertz CT molecular complexity index is 39.4. The summed E-state index contributed by atoms with van der Waals surface area (Å²) >= 11 is 0. The minimum atomic E-state index is 0. The van der Waals surface area contributed by atoms with E-state index in [4.69, 9.17) is 5.26 Å². The first-order valence-corrected chi connectivity index (χ1v) is 0.663. The fourth-order valence-electron chi connectivity index (χ4n) is 0. The first-order chi connectivity index (χ1) is 1.91. The van der Waals surface area contributed by atoms with Crippen LogP contribution in [0.3, 0.4) is 0 Å². The van der Waals surface area contributed by atoms with Crippen LogP contribution in [-0.2, 0) is 4.84 Å². The predicted molar refractivity (Wildman–Crippen MR) is 18.0 cm³/mol. The van der Waals surface area contributed by atoms with Crippen molar-refractivity contribution < 1.29 is 4.84 Å². The Morgan fingerprint density at radius 2 is 2.00 bits per heavy atom. The van der Waals surface area contributed by atoms with E-state index in [9.17, 15) is 0 Å². The van der Waals surface area contributed by atoms with Gasteiger partial charge in [-0.05, 0) is 0 Å². The first-order valence-electron chi connectivity index (χ1n) is 0.663. The van der Waals surface area contributed by atoms with Crippen molar-refractivity contribution in [3.8, 4) is 6.26 Å². The molecule has 0 aliphatic heterocycles. The number of rotatable bonds is 0. The topological polar surface area (TPSA) is 59.0 Å². The third-order valence-corrected chi connectivity index (χ3v) is 0.0527. The fraction of sp³-hybridized carbons (Fsp3) is 0. The molecular weight excluding hydrogens is 95.1 g/mol. The van der Waals surface area contributed by atoms with Gasteiger partial charge in [-0.1, -0.05) is 0 Å². The third kappa shape index (κ3) is 11.4. The maximum absolute atomic E-state index is 7.28. The van der Waals surface area contributed by atoms with Gasteiger partial charge in [0.25, 0.3) is 0 Å². The van der Waals surface area contributed by atoms with E-state index in [0.29, 0.717) is 0 Å². The molecule has 0 atom stereocenters. The Labute approximate surface area is 72.5 Å². The Morgan fingerprint density at radius 3 is 2.00 bits per heavy atom. The number of nitriles is 1. The van der Waals surface area contributed by atoms with E-state index in [1.54, 1.807) is 0 Å². The van der Waals surface area contributed by atoms with E-state index in [0.717, 1.165) is 0 Å². The average Bonchev–Trinajstić information content (AvgIpc) is 1.37. The molecule has 0 aromatic rings. The molecule has 0 aromatic carbocycles. The van der Waals surface area contributed by atoms with Crippen molar-refractivity contribution in [1.82, 2.24) is 0 Å². The fourth-order valence-corrected chi connectivity index (χ4v) is 0. The zero-order valence-corrected chi connectivity index (χ0v) is 1.93. The molecule has 5 heavy (non-hydrogen) atoms. The van der Waals surface area contributed by atoms with Crippen LogP contribution in [0, 0.1) is 11.5 Å². The molecule has 0 radical (unpaired) electrons. The molecule has 0 bridgehead atoms. The number of hydrogen-bond acceptors (Lipinski definition) is 3. The van der Waals surface area contributed by atoms with Crippen molar-refractivity contribution >= 4 is 51.4 Å². The van der Waals surface area contributed by atoms with Crippen LogP contribution in [0.25, 0.3) is 0 Å². The van der Waals surface area contributed by atoms with Gasteiger partial charge < -0.3 is 4.84 Å². The molecule has 2 N–H and O–H groups in total. The van der Waals surface area contributed by atoms with Gasteiger partial charge in [-0.2, -0.15) is 5.90 Å². The van der Waals surface area contributed by atoms with Crippen LogP contribution in [0.5, 0.6) is 0 Å². The molecule has 4 heteroatoms. The van der Waals surface area contributed by atoms with E-state index in [1.165, 1.54) is 6.26 Å². The van der Waals surface area contributed by atoms with Gasteiger partial charge in [-0.15, -0.1) is 5.26 Å². The van der Waals surface area contributed by atoms with Crippen molar-refractivity contribution in [3.05, 3.63) is 0 Å². The van der Waals surface area contributed by atoms with Gasteiger partial charge in [-0.25, -0.2) is 0 Å². The summed E-state index contributed by atoms with van der Waals surface area (Å²) in [7, 11) is 0. The Kier molecular flexibility index (Phi) is 16.5. The molecule has 0 amide bonds. The molecule has 3 nitrogen and oxygen atoms in total. The van der Waals surface area contributed by atoms with Crippen molar-refractivity contribution in [1.29, 1.82) is 5.26 Å². The van der Waals surface area contributed by atoms with E-state index in [-0.39, 0.29) is 51.4 Å². The van der Waals surface area contributed by atoms with Crippen LogP contribution in [0.2, 0.25) is 0 Å². The summed E-state index contributed by atoms with van der Waals surface area (Å²) in [6.07, 6.45) is 1.21. The average molecular weight is 98.1 g/mol. The molecule has 0 unspecified atom stereocenters. The van der Waals surface area contributed by atoms with Gasteiger partial charge >= 0.3 is 57.6 Å². The van der Waals surface area contributed by atoms with Gasteiger partial charge in [0.1, 0.15) is 0 Å². The second kappa shape index (κ2) is 8.86. The van der Waals surface area contributed by atoms with E-state index >= 15 is 0 Å². The minimum absolute atomic E-state index is 0. The standard InChI is InChI=1S/CH2N2O.K.H/c2-1-4-3;;/h3H2;;. The number of nitrogens with zero attached hydrogens (tertiary/aromatic N) is 1. The van der Waals surface area contributed by atoms with Gasteiger partial charge in [0.15, 0.2) is 0 Å². The zero-order chi connectivity index (χ0) is 3.41. The molecule has 0 aliphatic rings. The van der Waals surface area contributed by atoms with Gasteiger partial charge in [0.05, 0.1) is 0 Å². The van der Waals surface area contributed by atoms with Crippen LogP contribution >= 0.6 is 0 Å². The van der Waals surface area contributed by atoms with Crippen LogP contribution < -0.4 is 5.90 Å². The molecule has 0 saturated heterocycles. The van der Waals surface area contributed by atoms with E-state index < -0.39 is 0 Å². The number of nitrogens with two attached hydrogens (primary N) is 1. The van der Waals surface area contributed by atoms with Crippen molar-refractivity contribution in [2.45, 2.75) is 0 Å². The number of hydrogen-bond donors (Lipinski definition) is 1. The SMILES string of the molecule is N#CON.[KH]. The van der Waals surface area contributed by atoms with Crippen LogP contribution in [0.4, 0.5) is 0 Å². The summed E-state index contributed by atoms with van der Waals surface area (Å²) in [6.45, 7) is 0. The molecule has 0 fully saturated rings. The summed E-state index contributed by atoms with van der Waals surface area (Å²) in [6, 6.07) is 0. The molecule has 0 aliphatic carbocycles. The van der Waals surface area contributed by atoms with Crippen molar-refractivity contribution in [2.75, 3.05) is 0 Å². The Hall–Kier alpha value is 0.886. The molecule has 0 heterocycles. The summed E-state index contributed by atoms with van der Waals surface area (Å²) < 4.78 is 0. The molecule has 0 aromatic heterocycles. The maximum atomic E-state index is 7.28. The summed E-state index contributed by atoms with van der Waals surface area (Å²) in [5.41, 5.74) is 0. The van der Waals surface area contributed by atoms with Gasteiger partial charge in [-0.3, -0.25) is 0 Å². The van der Waals surface area contributed by atoms with Gasteiger partial charge in [0.2, 0.25) is 0 Å². The molecular formula is CH3KN2O. The molecule has 0 saturated carbocycles. The summed E-state index contributed by atoms with van der Waals surface area (Å²) in [5.74, 6) is 4.17.